The number of anilines is 1. The summed E-state index contributed by atoms with van der Waals surface area (Å²) in [4.78, 5) is 30.2. The fourth-order valence-electron chi connectivity index (χ4n) is 3.18. The molecule has 154 valence electrons. The monoisotopic (exact) mass is 396 g/mol. The Balaban J connectivity index is 1.56. The largest absolute Gasteiger partial charge is 0.353 e. The van der Waals surface area contributed by atoms with Crippen LogP contribution in [0.1, 0.15) is 19.8 Å². The van der Waals surface area contributed by atoms with Crippen molar-refractivity contribution in [1.82, 2.24) is 20.9 Å². The van der Waals surface area contributed by atoms with E-state index < -0.39 is 0 Å². The van der Waals surface area contributed by atoms with E-state index in [0.717, 1.165) is 17.2 Å². The second-order valence-corrected chi connectivity index (χ2v) is 7.41. The van der Waals surface area contributed by atoms with Crippen LogP contribution in [0.15, 0.2) is 47.5 Å². The Morgan fingerprint density at radius 3 is 2.66 bits per heavy atom. The highest BCUT2D eigenvalue weighted by atomic mass is 16.2. The molecule has 1 heterocycles. The summed E-state index contributed by atoms with van der Waals surface area (Å²) in [5.41, 5.74) is 0.711. The van der Waals surface area contributed by atoms with Crippen molar-refractivity contribution in [3.63, 3.8) is 0 Å². The predicted molar refractivity (Wildman–Crippen MR) is 116 cm³/mol. The first-order valence-corrected chi connectivity index (χ1v) is 9.75. The van der Waals surface area contributed by atoms with Crippen molar-refractivity contribution in [3.8, 4) is 0 Å². The van der Waals surface area contributed by atoms with Crippen LogP contribution in [0.4, 0.5) is 10.5 Å². The van der Waals surface area contributed by atoms with Crippen molar-refractivity contribution in [1.29, 1.82) is 0 Å². The van der Waals surface area contributed by atoms with E-state index in [9.17, 15) is 9.59 Å². The molecule has 2 unspecified atom stereocenters. The summed E-state index contributed by atoms with van der Waals surface area (Å²) >= 11 is 0. The molecule has 29 heavy (non-hydrogen) atoms. The lowest BCUT2D eigenvalue weighted by Crippen LogP contribution is -2.52. The molecule has 0 aliphatic carbocycles. The first kappa shape index (κ1) is 20.6. The lowest BCUT2D eigenvalue weighted by molar-refractivity contribution is -0.128. The summed E-state index contributed by atoms with van der Waals surface area (Å²) in [6.45, 7) is 2.56. The average molecular weight is 396 g/mol. The zero-order chi connectivity index (χ0) is 20.8. The van der Waals surface area contributed by atoms with Crippen molar-refractivity contribution in [2.75, 3.05) is 26.0 Å². The fraction of sp³-hybridized carbons (Fsp3) is 0.381. The van der Waals surface area contributed by atoms with Gasteiger partial charge in [-0.15, -0.1) is 0 Å². The van der Waals surface area contributed by atoms with Gasteiger partial charge in [0.05, 0.1) is 0 Å². The maximum absolute atomic E-state index is 12.4. The summed E-state index contributed by atoms with van der Waals surface area (Å²) in [6.07, 6.45) is 1.02. The number of rotatable bonds is 5. The van der Waals surface area contributed by atoms with E-state index in [1.165, 1.54) is 0 Å². The van der Waals surface area contributed by atoms with Gasteiger partial charge in [-0.1, -0.05) is 30.3 Å². The van der Waals surface area contributed by atoms with Gasteiger partial charge in [-0.05, 0) is 29.8 Å². The first-order valence-electron chi connectivity index (χ1n) is 9.75. The third-order valence-electron chi connectivity index (χ3n) is 4.70. The molecule has 8 heteroatoms. The van der Waals surface area contributed by atoms with Gasteiger partial charge in [0.25, 0.3) is 0 Å². The highest BCUT2D eigenvalue weighted by Gasteiger charge is 2.21. The Labute approximate surface area is 170 Å². The molecule has 0 saturated heterocycles. The number of nitrogens with one attached hydrogen (secondary N) is 4. The molecule has 8 nitrogen and oxygen atoms in total. The van der Waals surface area contributed by atoms with Gasteiger partial charge in [-0.2, -0.15) is 0 Å². The third kappa shape index (κ3) is 5.92. The van der Waals surface area contributed by atoms with Gasteiger partial charge in [0, 0.05) is 45.2 Å². The molecule has 2 aromatic carbocycles. The number of hydrogen-bond acceptors (Lipinski definition) is 5. The second kappa shape index (κ2) is 9.38. The summed E-state index contributed by atoms with van der Waals surface area (Å²) in [7, 11) is 3.48. The van der Waals surface area contributed by atoms with Crippen LogP contribution < -0.4 is 21.3 Å². The molecule has 0 aromatic heterocycles. The zero-order valence-electron chi connectivity index (χ0n) is 17.0. The number of carbonyl (C=O) groups excluding carboxylic acids is 2. The zero-order valence-corrected chi connectivity index (χ0v) is 17.0. The number of benzene rings is 2. The molecule has 0 radical (unpaired) electrons. The first-order chi connectivity index (χ1) is 13.9. The minimum absolute atomic E-state index is 0.0663. The molecular formula is C21H28N6O2. The van der Waals surface area contributed by atoms with Crippen molar-refractivity contribution in [2.24, 2.45) is 4.99 Å². The number of amides is 3. The topological polar surface area (TPSA) is 97.9 Å². The molecular weight excluding hydrogens is 368 g/mol. The highest BCUT2D eigenvalue weighted by Crippen LogP contribution is 2.18. The lowest BCUT2D eigenvalue weighted by Gasteiger charge is -2.28. The SMILES string of the molecule is CC1CC(NCCC(=O)N(C)C)N=C(NC(=O)Nc2ccc3ccccc3c2)N1. The number of fused-ring (bicyclic) bond motifs is 1. The second-order valence-electron chi connectivity index (χ2n) is 7.41. The molecule has 3 rings (SSSR count). The van der Waals surface area contributed by atoms with E-state index in [1.54, 1.807) is 19.0 Å². The van der Waals surface area contributed by atoms with E-state index in [-0.39, 0.29) is 24.1 Å². The number of hydrogen-bond donors (Lipinski definition) is 4. The number of guanidine groups is 1. The molecule has 4 N–H and O–H groups in total. The standard InChI is InChI=1S/C21H28N6O2/c1-14-12-18(22-11-10-19(28)27(2)3)25-20(23-14)26-21(29)24-17-9-8-15-6-4-5-7-16(15)13-17/h4-9,13-14,18,22H,10-12H2,1-3H3,(H3,23,24,25,26,29). The smallest absolute Gasteiger partial charge is 0.325 e. The van der Waals surface area contributed by atoms with Gasteiger partial charge in [0.2, 0.25) is 11.9 Å². The maximum atomic E-state index is 12.4. The molecule has 0 spiro atoms. The van der Waals surface area contributed by atoms with Gasteiger partial charge in [0.1, 0.15) is 6.17 Å². The third-order valence-corrected chi connectivity index (χ3v) is 4.70. The van der Waals surface area contributed by atoms with E-state index >= 15 is 0 Å². The van der Waals surface area contributed by atoms with Crippen molar-refractivity contribution in [3.05, 3.63) is 42.5 Å². The molecule has 2 atom stereocenters. The normalized spacial score (nSPS) is 18.5. The van der Waals surface area contributed by atoms with Gasteiger partial charge in [-0.3, -0.25) is 15.4 Å². The maximum Gasteiger partial charge on any atom is 0.325 e. The number of carbonyl (C=O) groups is 2. The van der Waals surface area contributed by atoms with Gasteiger partial charge < -0.3 is 15.5 Å². The van der Waals surface area contributed by atoms with Crippen molar-refractivity contribution in [2.45, 2.75) is 32.0 Å². The molecule has 3 amide bonds. The Morgan fingerprint density at radius 1 is 1.14 bits per heavy atom. The van der Waals surface area contributed by atoms with Gasteiger partial charge in [0.15, 0.2) is 0 Å². The number of urea groups is 1. The minimum Gasteiger partial charge on any atom is -0.353 e. The van der Waals surface area contributed by atoms with E-state index in [2.05, 4.69) is 26.3 Å². The van der Waals surface area contributed by atoms with E-state index in [1.807, 2.05) is 49.4 Å². The van der Waals surface area contributed by atoms with Gasteiger partial charge >= 0.3 is 6.03 Å². The van der Waals surface area contributed by atoms with Crippen molar-refractivity contribution >= 4 is 34.4 Å². The van der Waals surface area contributed by atoms with Crippen LogP contribution in [0.5, 0.6) is 0 Å². The molecule has 0 fully saturated rings. The highest BCUT2D eigenvalue weighted by molar-refractivity contribution is 6.03. The van der Waals surface area contributed by atoms with Crippen LogP contribution in [0.25, 0.3) is 10.8 Å². The Kier molecular flexibility index (Phi) is 6.66. The Bertz CT molecular complexity index is 911. The van der Waals surface area contributed by atoms with Gasteiger partial charge in [-0.25, -0.2) is 9.79 Å². The van der Waals surface area contributed by atoms with Crippen LogP contribution >= 0.6 is 0 Å². The molecule has 2 aromatic rings. The summed E-state index contributed by atoms with van der Waals surface area (Å²) in [6, 6.07) is 13.5. The number of nitrogens with zero attached hydrogens (tertiary/aromatic N) is 2. The van der Waals surface area contributed by atoms with Crippen LogP contribution in [-0.2, 0) is 4.79 Å². The molecule has 0 saturated carbocycles. The molecule has 1 aliphatic heterocycles. The Morgan fingerprint density at radius 2 is 1.90 bits per heavy atom. The number of aliphatic imine (C=N–C) groups is 1. The average Bonchev–Trinajstić information content (AvgIpc) is 2.67. The molecule has 0 bridgehead atoms. The van der Waals surface area contributed by atoms with Crippen molar-refractivity contribution < 1.29 is 9.59 Å². The predicted octanol–water partition coefficient (Wildman–Crippen LogP) is 2.09. The summed E-state index contributed by atoms with van der Waals surface area (Å²) < 4.78 is 0. The van der Waals surface area contributed by atoms with Crippen LogP contribution in [0, 0.1) is 0 Å². The summed E-state index contributed by atoms with van der Waals surface area (Å²) in [5, 5.41) is 14.2. The van der Waals surface area contributed by atoms with Crippen LogP contribution in [0.3, 0.4) is 0 Å². The van der Waals surface area contributed by atoms with E-state index in [4.69, 9.17) is 0 Å². The van der Waals surface area contributed by atoms with E-state index in [0.29, 0.717) is 24.6 Å². The minimum atomic E-state index is -0.359. The summed E-state index contributed by atoms with van der Waals surface area (Å²) in [5.74, 6) is 0.482. The van der Waals surface area contributed by atoms with Crippen LogP contribution in [0.2, 0.25) is 0 Å². The van der Waals surface area contributed by atoms with Crippen LogP contribution in [-0.4, -0.2) is 55.6 Å². The quantitative estimate of drug-likeness (QED) is 0.622. The fourth-order valence-corrected chi connectivity index (χ4v) is 3.18. The lowest BCUT2D eigenvalue weighted by atomic mass is 10.1. The molecule has 1 aliphatic rings. The Hall–Kier alpha value is -3.13.